The highest BCUT2D eigenvalue weighted by Gasteiger charge is 2.40. The van der Waals surface area contributed by atoms with Crippen molar-refractivity contribution in [3.63, 3.8) is 0 Å². The number of carbonyl (C=O) groups is 1. The molecule has 25 heavy (non-hydrogen) atoms. The zero-order valence-corrected chi connectivity index (χ0v) is 15.1. The van der Waals surface area contributed by atoms with Crippen molar-refractivity contribution in [3.8, 4) is 0 Å². The van der Waals surface area contributed by atoms with Crippen molar-refractivity contribution >= 4 is 22.8 Å². The van der Waals surface area contributed by atoms with Gasteiger partial charge in [0.05, 0.1) is 12.0 Å². The number of likely N-dealkylation sites (tertiary alicyclic amines) is 1. The minimum Gasteiger partial charge on any atom is -0.461 e. The maximum absolute atomic E-state index is 12.3. The minimum absolute atomic E-state index is 0.219. The van der Waals surface area contributed by atoms with Crippen LogP contribution in [0, 0.1) is 18.8 Å². The van der Waals surface area contributed by atoms with E-state index in [1.165, 1.54) is 5.57 Å². The predicted molar refractivity (Wildman–Crippen MR) is 93.9 cm³/mol. The Morgan fingerprint density at radius 2 is 2.12 bits per heavy atom. The van der Waals surface area contributed by atoms with Crippen molar-refractivity contribution in [2.45, 2.75) is 39.7 Å². The molecule has 2 aliphatic rings. The van der Waals surface area contributed by atoms with E-state index < -0.39 is 5.60 Å². The number of amides is 1. The predicted octanol–water partition coefficient (Wildman–Crippen LogP) is 3.80. The van der Waals surface area contributed by atoms with E-state index in [-0.39, 0.29) is 6.09 Å². The fourth-order valence-corrected chi connectivity index (χ4v) is 3.71. The first kappa shape index (κ1) is 16.1. The first-order valence-electron chi connectivity index (χ1n) is 8.71. The number of ether oxygens (including phenoxy) is 1. The summed E-state index contributed by atoms with van der Waals surface area (Å²) < 4.78 is 10.9. The molecule has 0 spiro atoms. The zero-order chi connectivity index (χ0) is 17.8. The van der Waals surface area contributed by atoms with E-state index in [1.54, 1.807) is 6.26 Å². The highest BCUT2D eigenvalue weighted by Crippen LogP contribution is 2.40. The molecule has 1 aliphatic heterocycles. The van der Waals surface area contributed by atoms with Gasteiger partial charge < -0.3 is 14.1 Å². The highest BCUT2D eigenvalue weighted by atomic mass is 16.6. The van der Waals surface area contributed by atoms with Gasteiger partial charge in [0.25, 0.3) is 0 Å². The second-order valence-corrected chi connectivity index (χ2v) is 7.97. The number of fused-ring (bicyclic) bond motifs is 2. The van der Waals surface area contributed by atoms with Crippen LogP contribution in [-0.2, 0) is 4.74 Å². The van der Waals surface area contributed by atoms with Crippen LogP contribution in [0.5, 0.6) is 0 Å². The Labute approximate surface area is 146 Å². The minimum atomic E-state index is -0.457. The molecule has 6 nitrogen and oxygen atoms in total. The van der Waals surface area contributed by atoms with Crippen LogP contribution >= 0.6 is 0 Å². The summed E-state index contributed by atoms with van der Waals surface area (Å²) in [5, 5.41) is 0. The second kappa shape index (κ2) is 5.58. The Bertz CT molecular complexity index is 862. The molecular formula is C19H23N3O3. The largest absolute Gasteiger partial charge is 0.461 e. The second-order valence-electron chi connectivity index (χ2n) is 7.97. The molecule has 3 heterocycles. The van der Waals surface area contributed by atoms with Gasteiger partial charge in [-0.05, 0) is 45.6 Å². The molecule has 1 amide bonds. The molecule has 2 aromatic heterocycles. The smallest absolute Gasteiger partial charge is 0.410 e. The van der Waals surface area contributed by atoms with Gasteiger partial charge in [0.15, 0.2) is 11.4 Å². The monoisotopic (exact) mass is 341 g/mol. The van der Waals surface area contributed by atoms with Crippen molar-refractivity contribution in [1.82, 2.24) is 14.9 Å². The molecule has 2 atom stereocenters. The Balaban J connectivity index is 1.51. The maximum atomic E-state index is 12.3. The molecule has 1 fully saturated rings. The van der Waals surface area contributed by atoms with Gasteiger partial charge >= 0.3 is 6.09 Å². The van der Waals surface area contributed by atoms with Crippen molar-refractivity contribution in [2.75, 3.05) is 13.1 Å². The summed E-state index contributed by atoms with van der Waals surface area (Å²) in [4.78, 5) is 23.3. The van der Waals surface area contributed by atoms with Gasteiger partial charge in [-0.3, -0.25) is 0 Å². The van der Waals surface area contributed by atoms with Crippen molar-refractivity contribution in [2.24, 2.45) is 11.8 Å². The number of aromatic nitrogens is 2. The van der Waals surface area contributed by atoms with E-state index >= 15 is 0 Å². The standard InChI is InChI=1S/C19H23N3O3/c1-11-16-15(5-6-24-16)21-17(20-11)12-7-13-9-22(10-14(13)8-12)18(23)25-19(2,3)4/h5-7,13-14H,8-10H2,1-4H3. The number of allylic oxidation sites excluding steroid dienone is 1. The number of furan rings is 1. The van der Waals surface area contributed by atoms with Crippen LogP contribution in [-0.4, -0.2) is 39.7 Å². The van der Waals surface area contributed by atoms with Gasteiger partial charge in [-0.25, -0.2) is 14.8 Å². The lowest BCUT2D eigenvalue weighted by Gasteiger charge is -2.24. The molecule has 0 bridgehead atoms. The first-order chi connectivity index (χ1) is 11.8. The summed E-state index contributed by atoms with van der Waals surface area (Å²) in [6.07, 6.45) is 4.55. The first-order valence-corrected chi connectivity index (χ1v) is 8.71. The number of nitrogens with zero attached hydrogens (tertiary/aromatic N) is 3. The number of hydrogen-bond acceptors (Lipinski definition) is 5. The third-order valence-corrected chi connectivity index (χ3v) is 4.80. The van der Waals surface area contributed by atoms with E-state index in [4.69, 9.17) is 9.15 Å². The highest BCUT2D eigenvalue weighted by molar-refractivity contribution is 5.77. The van der Waals surface area contributed by atoms with Gasteiger partial charge in [-0.15, -0.1) is 0 Å². The van der Waals surface area contributed by atoms with Crippen LogP contribution in [0.3, 0.4) is 0 Å². The molecule has 0 radical (unpaired) electrons. The van der Waals surface area contributed by atoms with Crippen LogP contribution < -0.4 is 0 Å². The van der Waals surface area contributed by atoms with Crippen LogP contribution in [0.2, 0.25) is 0 Å². The van der Waals surface area contributed by atoms with E-state index in [0.717, 1.165) is 35.6 Å². The molecule has 6 heteroatoms. The third kappa shape index (κ3) is 3.01. The maximum Gasteiger partial charge on any atom is 0.410 e. The summed E-state index contributed by atoms with van der Waals surface area (Å²) >= 11 is 0. The fraction of sp³-hybridized carbons (Fsp3) is 0.526. The van der Waals surface area contributed by atoms with E-state index in [0.29, 0.717) is 18.4 Å². The topological polar surface area (TPSA) is 68.5 Å². The van der Waals surface area contributed by atoms with Gasteiger partial charge in [0, 0.05) is 25.1 Å². The van der Waals surface area contributed by atoms with Gasteiger partial charge in [-0.2, -0.15) is 0 Å². The molecule has 0 N–H and O–H groups in total. The summed E-state index contributed by atoms with van der Waals surface area (Å²) in [5.74, 6) is 1.56. The number of rotatable bonds is 1. The third-order valence-electron chi connectivity index (χ3n) is 4.80. The van der Waals surface area contributed by atoms with Crippen LogP contribution in [0.15, 0.2) is 22.8 Å². The average Bonchev–Trinajstić information content (AvgIpc) is 3.18. The van der Waals surface area contributed by atoms with Crippen LogP contribution in [0.1, 0.15) is 38.7 Å². The lowest BCUT2D eigenvalue weighted by molar-refractivity contribution is 0.0285. The van der Waals surface area contributed by atoms with E-state index in [1.807, 2.05) is 38.7 Å². The summed E-state index contributed by atoms with van der Waals surface area (Å²) in [7, 11) is 0. The quantitative estimate of drug-likeness (QED) is 0.789. The number of aryl methyl sites for hydroxylation is 1. The Hall–Kier alpha value is -2.37. The van der Waals surface area contributed by atoms with Crippen molar-refractivity contribution < 1.29 is 13.9 Å². The molecule has 132 valence electrons. The average molecular weight is 341 g/mol. The van der Waals surface area contributed by atoms with Crippen LogP contribution in [0.4, 0.5) is 4.79 Å². The Kier molecular flexibility index (Phi) is 3.60. The molecule has 2 aromatic rings. The SMILES string of the molecule is Cc1nc(C2=CC3CN(C(=O)OC(C)(C)C)CC3C2)nc2ccoc12. The zero-order valence-electron chi connectivity index (χ0n) is 15.1. The number of carbonyl (C=O) groups excluding carboxylic acids is 1. The van der Waals surface area contributed by atoms with Crippen LogP contribution in [0.25, 0.3) is 16.7 Å². The van der Waals surface area contributed by atoms with E-state index in [2.05, 4.69) is 16.0 Å². The molecule has 1 aliphatic carbocycles. The molecule has 4 rings (SSSR count). The molecule has 2 unspecified atom stereocenters. The normalized spacial score (nSPS) is 23.0. The summed E-state index contributed by atoms with van der Waals surface area (Å²) in [6.45, 7) is 9.06. The number of hydrogen-bond donors (Lipinski definition) is 0. The van der Waals surface area contributed by atoms with Gasteiger partial charge in [-0.1, -0.05) is 6.08 Å². The summed E-state index contributed by atoms with van der Waals surface area (Å²) in [5.41, 5.74) is 3.17. The molecule has 1 saturated heterocycles. The van der Waals surface area contributed by atoms with Crippen molar-refractivity contribution in [3.05, 3.63) is 29.9 Å². The fourth-order valence-electron chi connectivity index (χ4n) is 3.71. The lowest BCUT2D eigenvalue weighted by atomic mass is 10.00. The Morgan fingerprint density at radius 3 is 2.84 bits per heavy atom. The summed E-state index contributed by atoms with van der Waals surface area (Å²) in [6, 6.07) is 1.87. The van der Waals surface area contributed by atoms with E-state index in [9.17, 15) is 4.79 Å². The lowest BCUT2D eigenvalue weighted by Crippen LogP contribution is -2.35. The Morgan fingerprint density at radius 1 is 1.32 bits per heavy atom. The van der Waals surface area contributed by atoms with Gasteiger partial charge in [0.1, 0.15) is 11.1 Å². The molecule has 0 aromatic carbocycles. The molecule has 0 saturated carbocycles. The molecular weight excluding hydrogens is 318 g/mol. The van der Waals surface area contributed by atoms with Gasteiger partial charge in [0.2, 0.25) is 0 Å². The van der Waals surface area contributed by atoms with Crippen molar-refractivity contribution in [1.29, 1.82) is 0 Å².